The Labute approximate surface area is 158 Å². The summed E-state index contributed by atoms with van der Waals surface area (Å²) >= 11 is 0. The van der Waals surface area contributed by atoms with Gasteiger partial charge in [-0.1, -0.05) is 48.5 Å². The maximum absolute atomic E-state index is 13.0. The van der Waals surface area contributed by atoms with Crippen LogP contribution >= 0.6 is 12.4 Å². The van der Waals surface area contributed by atoms with E-state index in [0.717, 1.165) is 23.4 Å². The molecule has 1 fully saturated rings. The van der Waals surface area contributed by atoms with Crippen LogP contribution in [-0.4, -0.2) is 39.7 Å². The van der Waals surface area contributed by atoms with Gasteiger partial charge in [-0.25, -0.2) is 4.68 Å². The van der Waals surface area contributed by atoms with Gasteiger partial charge in [0, 0.05) is 24.7 Å². The Balaban J connectivity index is 0.00000196. The first-order valence-corrected chi connectivity index (χ1v) is 8.48. The highest BCUT2D eigenvalue weighted by Crippen LogP contribution is 2.23. The number of amides is 1. The van der Waals surface area contributed by atoms with Gasteiger partial charge in [0.15, 0.2) is 0 Å². The SMILES string of the molecule is Cl.NC1CCN(C(=O)c2cc(-c3ccccc3)nn2-c2ccccc2)C1. The summed E-state index contributed by atoms with van der Waals surface area (Å²) in [6.07, 6.45) is 0.844. The second kappa shape index (κ2) is 7.72. The molecule has 1 saturated heterocycles. The topological polar surface area (TPSA) is 64.2 Å². The van der Waals surface area contributed by atoms with Gasteiger partial charge in [0.2, 0.25) is 0 Å². The second-order valence-corrected chi connectivity index (χ2v) is 6.33. The number of rotatable bonds is 3. The highest BCUT2D eigenvalue weighted by Gasteiger charge is 2.28. The number of halogens is 1. The molecule has 3 aromatic rings. The minimum Gasteiger partial charge on any atom is -0.336 e. The van der Waals surface area contributed by atoms with Gasteiger partial charge >= 0.3 is 0 Å². The Morgan fingerprint density at radius 2 is 1.69 bits per heavy atom. The predicted octanol–water partition coefficient (Wildman–Crippen LogP) is 3.13. The molecule has 134 valence electrons. The summed E-state index contributed by atoms with van der Waals surface area (Å²) in [7, 11) is 0. The molecule has 2 heterocycles. The van der Waals surface area contributed by atoms with E-state index >= 15 is 0 Å². The number of aromatic nitrogens is 2. The molecule has 2 aromatic carbocycles. The van der Waals surface area contributed by atoms with E-state index < -0.39 is 0 Å². The molecule has 26 heavy (non-hydrogen) atoms. The third kappa shape index (κ3) is 3.49. The van der Waals surface area contributed by atoms with E-state index in [0.29, 0.717) is 18.8 Å². The third-order valence-corrected chi connectivity index (χ3v) is 4.51. The molecule has 1 amide bonds. The number of carbonyl (C=O) groups is 1. The zero-order chi connectivity index (χ0) is 17.2. The molecular formula is C20H21ClN4O. The van der Waals surface area contributed by atoms with Crippen LogP contribution in [0.2, 0.25) is 0 Å². The lowest BCUT2D eigenvalue weighted by molar-refractivity contribution is 0.0782. The summed E-state index contributed by atoms with van der Waals surface area (Å²) in [6, 6.07) is 21.6. The average Bonchev–Trinajstić information content (AvgIpc) is 3.29. The van der Waals surface area contributed by atoms with E-state index in [1.807, 2.05) is 71.6 Å². The van der Waals surface area contributed by atoms with Crippen LogP contribution in [-0.2, 0) is 0 Å². The molecule has 1 atom stereocenters. The van der Waals surface area contributed by atoms with Gasteiger partial charge in [0.05, 0.1) is 11.4 Å². The van der Waals surface area contributed by atoms with Crippen LogP contribution in [0.4, 0.5) is 0 Å². The van der Waals surface area contributed by atoms with E-state index in [2.05, 4.69) is 0 Å². The van der Waals surface area contributed by atoms with Crippen molar-refractivity contribution in [1.29, 1.82) is 0 Å². The normalized spacial score (nSPS) is 16.3. The van der Waals surface area contributed by atoms with Crippen molar-refractivity contribution in [3.05, 3.63) is 72.4 Å². The highest BCUT2D eigenvalue weighted by molar-refractivity contribution is 5.94. The van der Waals surface area contributed by atoms with Crippen LogP contribution < -0.4 is 5.73 Å². The van der Waals surface area contributed by atoms with Crippen molar-refractivity contribution >= 4 is 18.3 Å². The molecule has 0 spiro atoms. The van der Waals surface area contributed by atoms with Crippen LogP contribution in [0.5, 0.6) is 0 Å². The smallest absolute Gasteiger partial charge is 0.272 e. The number of hydrogen-bond acceptors (Lipinski definition) is 3. The Morgan fingerprint density at radius 3 is 2.31 bits per heavy atom. The van der Waals surface area contributed by atoms with Crippen molar-refractivity contribution in [1.82, 2.24) is 14.7 Å². The lowest BCUT2D eigenvalue weighted by Gasteiger charge is -2.16. The zero-order valence-electron chi connectivity index (χ0n) is 14.3. The van der Waals surface area contributed by atoms with Crippen molar-refractivity contribution < 1.29 is 4.79 Å². The van der Waals surface area contributed by atoms with Gasteiger partial charge in [-0.3, -0.25) is 4.79 Å². The minimum absolute atomic E-state index is 0. The molecule has 1 unspecified atom stereocenters. The maximum atomic E-state index is 13.0. The number of likely N-dealkylation sites (tertiary alicyclic amines) is 1. The van der Waals surface area contributed by atoms with Crippen molar-refractivity contribution in [3.63, 3.8) is 0 Å². The van der Waals surface area contributed by atoms with Crippen molar-refractivity contribution in [2.45, 2.75) is 12.5 Å². The van der Waals surface area contributed by atoms with Gasteiger partial charge in [0.25, 0.3) is 5.91 Å². The van der Waals surface area contributed by atoms with Crippen molar-refractivity contribution in [2.75, 3.05) is 13.1 Å². The fourth-order valence-electron chi connectivity index (χ4n) is 3.18. The van der Waals surface area contributed by atoms with Crippen molar-refractivity contribution in [2.24, 2.45) is 5.73 Å². The molecule has 5 nitrogen and oxygen atoms in total. The summed E-state index contributed by atoms with van der Waals surface area (Å²) in [5.41, 5.74) is 9.19. The van der Waals surface area contributed by atoms with Crippen LogP contribution in [0.1, 0.15) is 16.9 Å². The molecule has 0 radical (unpaired) electrons. The molecule has 2 N–H and O–H groups in total. The molecule has 6 heteroatoms. The minimum atomic E-state index is -0.0218. The molecule has 1 aliphatic heterocycles. The molecular weight excluding hydrogens is 348 g/mol. The third-order valence-electron chi connectivity index (χ3n) is 4.51. The Bertz CT molecular complexity index is 879. The van der Waals surface area contributed by atoms with Gasteiger partial charge in [-0.05, 0) is 24.6 Å². The quantitative estimate of drug-likeness (QED) is 0.772. The second-order valence-electron chi connectivity index (χ2n) is 6.33. The summed E-state index contributed by atoms with van der Waals surface area (Å²) in [5.74, 6) is -0.0218. The number of carbonyl (C=O) groups excluding carboxylic acids is 1. The standard InChI is InChI=1S/C20H20N4O.ClH/c21-16-11-12-23(14-16)20(25)19-13-18(15-7-3-1-4-8-15)22-24(19)17-9-5-2-6-10-17;/h1-10,13,16H,11-12,14,21H2;1H. The van der Waals surface area contributed by atoms with Crippen LogP contribution in [0.25, 0.3) is 16.9 Å². The number of para-hydroxylation sites is 1. The number of nitrogens with zero attached hydrogens (tertiary/aromatic N) is 3. The molecule has 1 aliphatic rings. The van der Waals surface area contributed by atoms with Crippen LogP contribution in [0, 0.1) is 0 Å². The summed E-state index contributed by atoms with van der Waals surface area (Å²) in [4.78, 5) is 14.9. The first kappa shape index (κ1) is 18.2. The first-order valence-electron chi connectivity index (χ1n) is 8.48. The molecule has 0 aliphatic carbocycles. The number of benzene rings is 2. The Hall–Kier alpha value is -2.63. The van der Waals surface area contributed by atoms with Gasteiger partial charge < -0.3 is 10.6 Å². The largest absolute Gasteiger partial charge is 0.336 e. The average molecular weight is 369 g/mol. The van der Waals surface area contributed by atoms with Gasteiger partial charge in [0.1, 0.15) is 5.69 Å². The van der Waals surface area contributed by atoms with E-state index in [4.69, 9.17) is 10.8 Å². The summed E-state index contributed by atoms with van der Waals surface area (Å²) in [6.45, 7) is 1.29. The maximum Gasteiger partial charge on any atom is 0.272 e. The van der Waals surface area contributed by atoms with E-state index in [9.17, 15) is 4.79 Å². The monoisotopic (exact) mass is 368 g/mol. The van der Waals surface area contributed by atoms with E-state index in [1.54, 1.807) is 4.68 Å². The van der Waals surface area contributed by atoms with Crippen LogP contribution in [0.3, 0.4) is 0 Å². The predicted molar refractivity (Wildman–Crippen MR) is 105 cm³/mol. The molecule has 1 aromatic heterocycles. The fraction of sp³-hybridized carbons (Fsp3) is 0.200. The zero-order valence-corrected chi connectivity index (χ0v) is 15.1. The highest BCUT2D eigenvalue weighted by atomic mass is 35.5. The number of hydrogen-bond donors (Lipinski definition) is 1. The van der Waals surface area contributed by atoms with Gasteiger partial charge in [-0.15, -0.1) is 12.4 Å². The molecule has 0 saturated carbocycles. The van der Waals surface area contributed by atoms with Gasteiger partial charge in [-0.2, -0.15) is 5.10 Å². The van der Waals surface area contributed by atoms with E-state index in [1.165, 1.54) is 0 Å². The fourth-order valence-corrected chi connectivity index (χ4v) is 3.18. The Kier molecular flexibility index (Phi) is 5.40. The van der Waals surface area contributed by atoms with Crippen molar-refractivity contribution in [3.8, 4) is 16.9 Å². The van der Waals surface area contributed by atoms with Crippen LogP contribution in [0.15, 0.2) is 66.7 Å². The molecule has 0 bridgehead atoms. The number of nitrogens with two attached hydrogens (primary N) is 1. The lowest BCUT2D eigenvalue weighted by atomic mass is 10.1. The molecule has 4 rings (SSSR count). The Morgan fingerprint density at radius 1 is 1.04 bits per heavy atom. The first-order chi connectivity index (χ1) is 12.2. The lowest BCUT2D eigenvalue weighted by Crippen LogP contribution is -2.33. The summed E-state index contributed by atoms with van der Waals surface area (Å²) < 4.78 is 1.73. The summed E-state index contributed by atoms with van der Waals surface area (Å²) in [5, 5.41) is 4.70. The van der Waals surface area contributed by atoms with E-state index in [-0.39, 0.29) is 24.4 Å².